The van der Waals surface area contributed by atoms with Crippen LogP contribution < -0.4 is 9.30 Å². The number of thiophene rings is 1. The molecule has 5 nitrogen and oxygen atoms in total. The Bertz CT molecular complexity index is 1060. The van der Waals surface area contributed by atoms with Crippen LogP contribution in [-0.4, -0.2) is 25.6 Å². The van der Waals surface area contributed by atoms with Gasteiger partial charge in [-0.15, -0.1) is 11.3 Å². The van der Waals surface area contributed by atoms with Gasteiger partial charge in [-0.05, 0) is 30.5 Å². The van der Waals surface area contributed by atoms with E-state index in [1.54, 1.807) is 7.11 Å². The van der Waals surface area contributed by atoms with E-state index < -0.39 is 15.6 Å². The highest BCUT2D eigenvalue weighted by atomic mass is 32.2. The van der Waals surface area contributed by atoms with Gasteiger partial charge in [-0.3, -0.25) is 0 Å². The van der Waals surface area contributed by atoms with Gasteiger partial charge in [0.15, 0.2) is 16.3 Å². The number of ether oxygens (including phenoxy) is 1. The van der Waals surface area contributed by atoms with Gasteiger partial charge >= 0.3 is 5.51 Å². The summed E-state index contributed by atoms with van der Waals surface area (Å²) in [7, 11) is -2.30. The molecule has 0 saturated carbocycles. The van der Waals surface area contributed by atoms with Crippen LogP contribution in [0.5, 0.6) is 5.75 Å². The van der Waals surface area contributed by atoms with Crippen molar-refractivity contribution in [1.82, 2.24) is 0 Å². The molecular weight excluding hydrogens is 403 g/mol. The average molecular weight is 419 g/mol. The van der Waals surface area contributed by atoms with Gasteiger partial charge in [-0.2, -0.15) is 17.7 Å². The van der Waals surface area contributed by atoms with E-state index in [0.717, 1.165) is 11.1 Å². The van der Waals surface area contributed by atoms with Gasteiger partial charge in [0.2, 0.25) is 5.69 Å². The number of hydrogen-bond acceptors (Lipinski definition) is 5. The van der Waals surface area contributed by atoms with Gasteiger partial charge in [0, 0.05) is 10.9 Å². The Morgan fingerprint density at radius 3 is 2.30 bits per heavy atom. The first kappa shape index (κ1) is 21.1. The lowest BCUT2D eigenvalue weighted by molar-refractivity contribution is -0.658. The molecule has 0 N–H and O–H groups in total. The second-order valence-corrected chi connectivity index (χ2v) is 8.20. The fourth-order valence-corrected chi connectivity index (χ4v) is 3.26. The molecule has 146 valence electrons. The van der Waals surface area contributed by atoms with Crippen molar-refractivity contribution < 1.29 is 35.4 Å². The number of fused-ring (bicyclic) bond motifs is 1. The summed E-state index contributed by atoms with van der Waals surface area (Å²) in [6.07, 6.45) is 2.14. The second kappa shape index (κ2) is 7.83. The first-order valence-electron chi connectivity index (χ1n) is 7.49. The SMILES string of the molecule is COc1cccc2cc(-c3ccc(C)s3)[n+](C)cc12.O=S(=O)([O-])C(F)(F)F. The summed E-state index contributed by atoms with van der Waals surface area (Å²) in [6, 6.07) is 12.7. The Labute approximate surface area is 158 Å². The summed E-state index contributed by atoms with van der Waals surface area (Å²) in [6.45, 7) is 2.14. The van der Waals surface area contributed by atoms with E-state index in [1.807, 2.05) is 23.5 Å². The van der Waals surface area contributed by atoms with Crippen molar-refractivity contribution in [3.63, 3.8) is 0 Å². The summed E-state index contributed by atoms with van der Waals surface area (Å²) in [5.74, 6) is 0.919. The Kier molecular flexibility index (Phi) is 6.13. The zero-order valence-electron chi connectivity index (χ0n) is 14.6. The van der Waals surface area contributed by atoms with Crippen LogP contribution >= 0.6 is 11.3 Å². The van der Waals surface area contributed by atoms with Crippen LogP contribution in [0.4, 0.5) is 13.2 Å². The predicted octanol–water partition coefficient (Wildman–Crippen LogP) is 3.76. The van der Waals surface area contributed by atoms with Crippen molar-refractivity contribution in [2.75, 3.05) is 7.11 Å². The number of rotatable bonds is 2. The van der Waals surface area contributed by atoms with E-state index >= 15 is 0 Å². The van der Waals surface area contributed by atoms with E-state index in [4.69, 9.17) is 17.7 Å². The van der Waals surface area contributed by atoms with Crippen LogP contribution in [0.3, 0.4) is 0 Å². The molecule has 0 unspecified atom stereocenters. The smallest absolute Gasteiger partial charge is 0.485 e. The van der Waals surface area contributed by atoms with Crippen LogP contribution in [0.15, 0.2) is 42.6 Å². The number of alkyl halides is 3. The third-order valence-electron chi connectivity index (χ3n) is 3.59. The molecule has 0 fully saturated rings. The Morgan fingerprint density at radius 2 is 1.81 bits per heavy atom. The number of aryl methyl sites for hydroxylation is 2. The van der Waals surface area contributed by atoms with E-state index in [1.165, 1.54) is 20.8 Å². The summed E-state index contributed by atoms with van der Waals surface area (Å²) in [4.78, 5) is 2.63. The molecule has 0 atom stereocenters. The van der Waals surface area contributed by atoms with Gasteiger partial charge < -0.3 is 9.29 Å². The molecule has 0 amide bonds. The highest BCUT2D eigenvalue weighted by molar-refractivity contribution is 7.86. The minimum atomic E-state index is -6.09. The van der Waals surface area contributed by atoms with Crippen molar-refractivity contribution >= 4 is 32.2 Å². The number of methoxy groups -OCH3 is 1. The summed E-state index contributed by atoms with van der Waals surface area (Å²) in [5.41, 5.74) is -4.41. The first-order chi connectivity index (χ1) is 12.4. The molecule has 10 heteroatoms. The van der Waals surface area contributed by atoms with Crippen molar-refractivity contribution in [2.45, 2.75) is 12.4 Å². The third kappa shape index (κ3) is 4.96. The molecule has 0 bridgehead atoms. The molecule has 0 aliphatic heterocycles. The molecule has 0 spiro atoms. The number of pyridine rings is 1. The average Bonchev–Trinajstić information content (AvgIpc) is 2.98. The van der Waals surface area contributed by atoms with Gasteiger partial charge in [0.25, 0.3) is 0 Å². The second-order valence-electron chi connectivity index (χ2n) is 5.54. The van der Waals surface area contributed by atoms with E-state index in [2.05, 4.69) is 49.0 Å². The molecule has 0 aliphatic carbocycles. The molecule has 0 saturated heterocycles. The monoisotopic (exact) mass is 419 g/mol. The van der Waals surface area contributed by atoms with Crippen molar-refractivity contribution in [3.05, 3.63) is 47.5 Å². The quantitative estimate of drug-likeness (QED) is 0.360. The molecule has 3 rings (SSSR count). The zero-order chi connectivity index (χ0) is 20.4. The number of benzene rings is 1. The van der Waals surface area contributed by atoms with Crippen LogP contribution in [0, 0.1) is 6.92 Å². The van der Waals surface area contributed by atoms with Gasteiger partial charge in [0.1, 0.15) is 12.8 Å². The van der Waals surface area contributed by atoms with Gasteiger partial charge in [-0.1, -0.05) is 12.1 Å². The largest absolute Gasteiger partial charge is 0.741 e. The normalized spacial score (nSPS) is 11.8. The van der Waals surface area contributed by atoms with Crippen molar-refractivity contribution in [3.8, 4) is 16.3 Å². The Balaban J connectivity index is 0.000000279. The minimum Gasteiger partial charge on any atom is -0.741 e. The number of aromatic nitrogens is 1. The fraction of sp³-hybridized carbons (Fsp3) is 0.235. The summed E-state index contributed by atoms with van der Waals surface area (Å²) < 4.78 is 66.5. The van der Waals surface area contributed by atoms with Gasteiger partial charge in [0.05, 0.1) is 17.4 Å². The summed E-state index contributed by atoms with van der Waals surface area (Å²) in [5, 5.41) is 2.35. The maximum Gasteiger partial charge on any atom is 0.485 e. The molecule has 27 heavy (non-hydrogen) atoms. The van der Waals surface area contributed by atoms with Crippen molar-refractivity contribution in [2.24, 2.45) is 7.05 Å². The molecule has 2 aromatic heterocycles. The Hall–Kier alpha value is -2.17. The number of halogens is 3. The highest BCUT2D eigenvalue weighted by Gasteiger charge is 2.36. The predicted molar refractivity (Wildman–Crippen MR) is 95.5 cm³/mol. The standard InChI is InChI=1S/C16H16NOS.CHF3O3S/c1-11-7-8-16(19-11)14-9-12-5-4-6-15(18-3)13(12)10-17(14)2;2-1(3,4)8(5,6)7/h4-10H,1-3H3;(H,5,6,7)/q+1;/p-1. The van der Waals surface area contributed by atoms with Crippen LogP contribution in [-0.2, 0) is 17.2 Å². The Morgan fingerprint density at radius 1 is 1.19 bits per heavy atom. The maximum absolute atomic E-state index is 10.7. The number of hydrogen-bond donors (Lipinski definition) is 0. The topological polar surface area (TPSA) is 70.3 Å². The molecule has 1 aromatic carbocycles. The lowest BCUT2D eigenvalue weighted by Gasteiger charge is -2.08. The fourth-order valence-electron chi connectivity index (χ4n) is 2.33. The molecule has 2 heterocycles. The summed E-state index contributed by atoms with van der Waals surface area (Å²) >= 11 is 1.82. The first-order valence-corrected chi connectivity index (χ1v) is 9.72. The lowest BCUT2D eigenvalue weighted by Crippen LogP contribution is -2.30. The lowest BCUT2D eigenvalue weighted by atomic mass is 10.1. The van der Waals surface area contributed by atoms with Crippen LogP contribution in [0.2, 0.25) is 0 Å². The minimum absolute atomic E-state index is 0.919. The number of nitrogens with zero attached hydrogens (tertiary/aromatic N) is 1. The third-order valence-corrected chi connectivity index (χ3v) is 5.18. The van der Waals surface area contributed by atoms with Crippen molar-refractivity contribution in [1.29, 1.82) is 0 Å². The molecule has 0 aliphatic rings. The highest BCUT2D eigenvalue weighted by Crippen LogP contribution is 2.30. The van der Waals surface area contributed by atoms with E-state index in [0.29, 0.717) is 0 Å². The molecule has 3 aromatic rings. The van der Waals surface area contributed by atoms with E-state index in [9.17, 15) is 13.2 Å². The molecular formula is C17H16F3NO4S2. The molecule has 0 radical (unpaired) electrons. The maximum atomic E-state index is 10.7. The van der Waals surface area contributed by atoms with Gasteiger partial charge in [-0.25, -0.2) is 8.42 Å². The zero-order valence-corrected chi connectivity index (χ0v) is 16.2. The van der Waals surface area contributed by atoms with Crippen LogP contribution in [0.1, 0.15) is 4.88 Å². The van der Waals surface area contributed by atoms with E-state index in [-0.39, 0.29) is 0 Å². The van der Waals surface area contributed by atoms with Crippen LogP contribution in [0.25, 0.3) is 21.3 Å².